The highest BCUT2D eigenvalue weighted by atomic mass is 32.2. The summed E-state index contributed by atoms with van der Waals surface area (Å²) < 4.78 is 0. The predicted octanol–water partition coefficient (Wildman–Crippen LogP) is 2.68. The van der Waals surface area contributed by atoms with Crippen LogP contribution in [-0.2, 0) is 15.3 Å². The molecule has 1 aromatic carbocycles. The highest BCUT2D eigenvalue weighted by molar-refractivity contribution is 7.98. The van der Waals surface area contributed by atoms with Crippen molar-refractivity contribution in [3.63, 3.8) is 0 Å². The van der Waals surface area contributed by atoms with Gasteiger partial charge in [0.15, 0.2) is 0 Å². The Morgan fingerprint density at radius 1 is 1.24 bits per heavy atom. The summed E-state index contributed by atoms with van der Waals surface area (Å²) in [6, 6.07) is 9.11. The number of thioether (sulfide) groups is 1. The van der Waals surface area contributed by atoms with Gasteiger partial charge in [-0.3, -0.25) is 4.79 Å². The molecule has 0 aliphatic heterocycles. The molecule has 1 aliphatic rings. The third-order valence-corrected chi connectivity index (χ3v) is 4.84. The molecule has 0 spiro atoms. The quantitative estimate of drug-likeness (QED) is 0.813. The maximum Gasteiger partial charge on any atom is 0.327 e. The fourth-order valence-electron chi connectivity index (χ4n) is 2.52. The van der Waals surface area contributed by atoms with Crippen molar-refractivity contribution in [2.45, 2.75) is 37.5 Å². The van der Waals surface area contributed by atoms with Gasteiger partial charge in [-0.1, -0.05) is 43.2 Å². The van der Waals surface area contributed by atoms with E-state index in [0.717, 1.165) is 37.0 Å². The first kappa shape index (κ1) is 15.9. The number of amides is 1. The SMILES string of the molecule is O=C(N[C@@H](CSCc1ccccc1)C(=O)O)C1CCCC1. The molecule has 1 fully saturated rings. The van der Waals surface area contributed by atoms with Gasteiger partial charge in [0.05, 0.1) is 0 Å². The summed E-state index contributed by atoms with van der Waals surface area (Å²) in [7, 11) is 0. The van der Waals surface area contributed by atoms with Crippen LogP contribution in [0.2, 0.25) is 0 Å². The Hall–Kier alpha value is -1.49. The zero-order valence-electron chi connectivity index (χ0n) is 12.0. The van der Waals surface area contributed by atoms with Crippen molar-refractivity contribution in [2.75, 3.05) is 5.75 Å². The van der Waals surface area contributed by atoms with Gasteiger partial charge in [0.1, 0.15) is 6.04 Å². The Morgan fingerprint density at radius 2 is 1.90 bits per heavy atom. The van der Waals surface area contributed by atoms with Gasteiger partial charge >= 0.3 is 5.97 Å². The van der Waals surface area contributed by atoms with Crippen LogP contribution < -0.4 is 5.32 Å². The van der Waals surface area contributed by atoms with Gasteiger partial charge in [-0.25, -0.2) is 4.79 Å². The maximum atomic E-state index is 12.0. The van der Waals surface area contributed by atoms with Crippen LogP contribution in [0.1, 0.15) is 31.2 Å². The first-order valence-electron chi connectivity index (χ1n) is 7.31. The van der Waals surface area contributed by atoms with Gasteiger partial charge < -0.3 is 10.4 Å². The minimum absolute atomic E-state index is 0.00553. The number of benzene rings is 1. The van der Waals surface area contributed by atoms with Gasteiger partial charge in [0, 0.05) is 17.4 Å². The first-order chi connectivity index (χ1) is 10.2. The second-order valence-electron chi connectivity index (χ2n) is 5.38. The van der Waals surface area contributed by atoms with Crippen LogP contribution in [0.3, 0.4) is 0 Å². The molecule has 0 radical (unpaired) electrons. The van der Waals surface area contributed by atoms with Crippen molar-refractivity contribution in [3.8, 4) is 0 Å². The monoisotopic (exact) mass is 307 g/mol. The molecule has 0 unspecified atom stereocenters. The standard InChI is InChI=1S/C16H21NO3S/c18-15(13-8-4-5-9-13)17-14(16(19)20)11-21-10-12-6-2-1-3-7-12/h1-3,6-7,13-14H,4-5,8-11H2,(H,17,18)(H,19,20)/t14-/m0/s1. The topological polar surface area (TPSA) is 66.4 Å². The zero-order valence-corrected chi connectivity index (χ0v) is 12.8. The molecule has 114 valence electrons. The van der Waals surface area contributed by atoms with Crippen molar-refractivity contribution in [2.24, 2.45) is 5.92 Å². The highest BCUT2D eigenvalue weighted by Gasteiger charge is 2.27. The van der Waals surface area contributed by atoms with Gasteiger partial charge in [0.2, 0.25) is 5.91 Å². The highest BCUT2D eigenvalue weighted by Crippen LogP contribution is 2.25. The third-order valence-electron chi connectivity index (χ3n) is 3.74. The lowest BCUT2D eigenvalue weighted by Gasteiger charge is -2.17. The Labute approximate surface area is 129 Å². The number of aliphatic carboxylic acids is 1. The summed E-state index contributed by atoms with van der Waals surface area (Å²) in [5.74, 6) is 0.0974. The van der Waals surface area contributed by atoms with Crippen molar-refractivity contribution < 1.29 is 14.7 Å². The van der Waals surface area contributed by atoms with Crippen molar-refractivity contribution in [1.29, 1.82) is 0 Å². The van der Waals surface area contributed by atoms with Gasteiger partial charge in [0.25, 0.3) is 0 Å². The summed E-state index contributed by atoms with van der Waals surface area (Å²) in [5, 5.41) is 11.9. The maximum absolute atomic E-state index is 12.0. The van der Waals surface area contributed by atoms with Crippen LogP contribution in [0.25, 0.3) is 0 Å². The van der Waals surface area contributed by atoms with Crippen LogP contribution in [0.4, 0.5) is 0 Å². The van der Waals surface area contributed by atoms with E-state index in [1.807, 2.05) is 30.3 Å². The Kier molecular flexibility index (Phi) is 6.11. The minimum atomic E-state index is -0.957. The van der Waals surface area contributed by atoms with Crippen LogP contribution >= 0.6 is 11.8 Å². The lowest BCUT2D eigenvalue weighted by molar-refractivity contribution is -0.141. The molecule has 1 saturated carbocycles. The van der Waals surface area contributed by atoms with E-state index in [1.165, 1.54) is 11.8 Å². The van der Waals surface area contributed by atoms with Crippen LogP contribution in [0, 0.1) is 5.92 Å². The molecule has 1 amide bonds. The van der Waals surface area contributed by atoms with Crippen LogP contribution in [0.5, 0.6) is 0 Å². The zero-order chi connectivity index (χ0) is 15.1. The van der Waals surface area contributed by atoms with Crippen molar-refractivity contribution >= 4 is 23.6 Å². The Bertz CT molecular complexity index is 472. The molecule has 4 nitrogen and oxygen atoms in total. The van der Waals surface area contributed by atoms with Crippen LogP contribution in [0.15, 0.2) is 30.3 Å². The number of carboxylic acid groups (broad SMARTS) is 1. The number of hydrogen-bond donors (Lipinski definition) is 2. The number of nitrogens with one attached hydrogen (secondary N) is 1. The average molecular weight is 307 g/mol. The summed E-state index contributed by atoms with van der Waals surface area (Å²) in [6.45, 7) is 0. The second kappa shape index (κ2) is 8.08. The molecule has 2 rings (SSSR count). The molecule has 0 saturated heterocycles. The summed E-state index contributed by atoms with van der Waals surface area (Å²) >= 11 is 1.53. The third kappa shape index (κ3) is 5.08. The normalized spacial score (nSPS) is 16.6. The number of hydrogen-bond acceptors (Lipinski definition) is 3. The largest absolute Gasteiger partial charge is 0.480 e. The fraction of sp³-hybridized carbons (Fsp3) is 0.500. The molecular weight excluding hydrogens is 286 g/mol. The van der Waals surface area contributed by atoms with E-state index >= 15 is 0 Å². The lowest BCUT2D eigenvalue weighted by Crippen LogP contribution is -2.44. The van der Waals surface area contributed by atoms with Gasteiger partial charge in [-0.05, 0) is 18.4 Å². The predicted molar refractivity (Wildman–Crippen MR) is 84.1 cm³/mol. The molecule has 1 aliphatic carbocycles. The minimum Gasteiger partial charge on any atom is -0.480 e. The van der Waals surface area contributed by atoms with Crippen molar-refractivity contribution in [3.05, 3.63) is 35.9 Å². The van der Waals surface area contributed by atoms with E-state index in [1.54, 1.807) is 0 Å². The number of carbonyl (C=O) groups is 2. The average Bonchev–Trinajstić information content (AvgIpc) is 3.01. The summed E-state index contributed by atoms with van der Waals surface area (Å²) in [6.07, 6.45) is 3.90. The van der Waals surface area contributed by atoms with E-state index in [-0.39, 0.29) is 11.8 Å². The Morgan fingerprint density at radius 3 is 2.52 bits per heavy atom. The van der Waals surface area contributed by atoms with E-state index in [0.29, 0.717) is 5.75 Å². The fourth-order valence-corrected chi connectivity index (χ4v) is 3.53. The number of rotatable bonds is 7. The summed E-state index contributed by atoms with van der Waals surface area (Å²) in [4.78, 5) is 23.3. The summed E-state index contributed by atoms with van der Waals surface area (Å²) in [5.41, 5.74) is 1.16. The molecule has 0 heterocycles. The van der Waals surface area contributed by atoms with Gasteiger partial charge in [-0.15, -0.1) is 0 Å². The second-order valence-corrected chi connectivity index (χ2v) is 6.41. The number of carboxylic acids is 1. The molecular formula is C16H21NO3S. The molecule has 5 heteroatoms. The van der Waals surface area contributed by atoms with Gasteiger partial charge in [-0.2, -0.15) is 11.8 Å². The molecule has 21 heavy (non-hydrogen) atoms. The van der Waals surface area contributed by atoms with E-state index < -0.39 is 12.0 Å². The molecule has 2 N–H and O–H groups in total. The smallest absolute Gasteiger partial charge is 0.327 e. The van der Waals surface area contributed by atoms with E-state index in [9.17, 15) is 14.7 Å². The molecule has 1 atom stereocenters. The van der Waals surface area contributed by atoms with E-state index in [2.05, 4.69) is 5.32 Å². The molecule has 0 aromatic heterocycles. The molecule has 1 aromatic rings. The molecule has 0 bridgehead atoms. The van der Waals surface area contributed by atoms with Crippen molar-refractivity contribution in [1.82, 2.24) is 5.32 Å². The van der Waals surface area contributed by atoms with E-state index in [4.69, 9.17) is 0 Å². The van der Waals surface area contributed by atoms with Crippen LogP contribution in [-0.4, -0.2) is 28.8 Å². The Balaban J connectivity index is 1.79. The number of carbonyl (C=O) groups excluding carboxylic acids is 1. The first-order valence-corrected chi connectivity index (χ1v) is 8.47. The lowest BCUT2D eigenvalue weighted by atomic mass is 10.1.